The molecule has 0 bridgehead atoms. The van der Waals surface area contributed by atoms with Crippen LogP contribution in [0, 0.1) is 0 Å². The van der Waals surface area contributed by atoms with Gasteiger partial charge in [-0.25, -0.2) is 0 Å². The molecule has 0 amide bonds. The number of hydrogen-bond acceptors (Lipinski definition) is 5. The number of rotatable bonds is 9. The summed E-state index contributed by atoms with van der Waals surface area (Å²) in [6.45, 7) is 8.53. The zero-order valence-corrected chi connectivity index (χ0v) is 14.6. The standard InChI is InChI=1S/C10H22O5Si.Na/c1-5-9-10(11)15-16(12-6-2,13-7-3)14-8-4;/h5-9H2,1-4H3;. The van der Waals surface area contributed by atoms with Crippen molar-refractivity contribution in [2.24, 2.45) is 0 Å². The second-order valence-electron chi connectivity index (χ2n) is 3.02. The molecule has 1 radical (unpaired) electrons. The van der Waals surface area contributed by atoms with Gasteiger partial charge in [-0.1, -0.05) is 6.92 Å². The molecule has 0 N–H and O–H groups in total. The van der Waals surface area contributed by atoms with E-state index in [1.165, 1.54) is 0 Å². The molecule has 0 aliphatic heterocycles. The van der Waals surface area contributed by atoms with Gasteiger partial charge in [0.25, 0.3) is 5.97 Å². The SMILES string of the molecule is CCCC(=O)O[Si](OCC)(OCC)OCC.[Na]. The normalized spacial score (nSPS) is 10.8. The molecule has 0 aromatic rings. The van der Waals surface area contributed by atoms with Crippen molar-refractivity contribution in [2.45, 2.75) is 40.5 Å². The van der Waals surface area contributed by atoms with Crippen molar-refractivity contribution < 1.29 is 22.5 Å². The molecule has 0 saturated heterocycles. The summed E-state index contributed by atoms with van der Waals surface area (Å²) in [6, 6.07) is 0. The second kappa shape index (κ2) is 11.6. The van der Waals surface area contributed by atoms with Gasteiger partial charge in [0, 0.05) is 55.8 Å². The van der Waals surface area contributed by atoms with E-state index < -0.39 is 9.05 Å². The molecule has 0 aromatic heterocycles. The molecule has 7 heteroatoms. The van der Waals surface area contributed by atoms with Crippen molar-refractivity contribution in [1.29, 1.82) is 0 Å². The Morgan fingerprint density at radius 1 is 0.941 bits per heavy atom. The molecular formula is C10H22NaO5Si. The van der Waals surface area contributed by atoms with Crippen molar-refractivity contribution in [3.05, 3.63) is 0 Å². The largest absolute Gasteiger partial charge is 0.751 e. The molecule has 0 atom stereocenters. The van der Waals surface area contributed by atoms with Crippen LogP contribution in [0.3, 0.4) is 0 Å². The van der Waals surface area contributed by atoms with Gasteiger partial charge in [-0.3, -0.25) is 4.79 Å². The van der Waals surface area contributed by atoms with Crippen molar-refractivity contribution in [3.63, 3.8) is 0 Å². The maximum Gasteiger partial charge on any atom is 0.751 e. The summed E-state index contributed by atoms with van der Waals surface area (Å²) >= 11 is 0. The number of hydrogen-bond donors (Lipinski definition) is 0. The zero-order valence-electron chi connectivity index (χ0n) is 11.6. The van der Waals surface area contributed by atoms with E-state index >= 15 is 0 Å². The van der Waals surface area contributed by atoms with Crippen LogP contribution in [-0.4, -0.2) is 64.4 Å². The Bertz CT molecular complexity index is 186. The molecule has 0 aliphatic carbocycles. The van der Waals surface area contributed by atoms with E-state index in [-0.39, 0.29) is 35.5 Å². The van der Waals surface area contributed by atoms with Crippen LogP contribution in [0.4, 0.5) is 0 Å². The van der Waals surface area contributed by atoms with Gasteiger partial charge in [0.15, 0.2) is 0 Å². The smallest absolute Gasteiger partial charge is 0.452 e. The van der Waals surface area contributed by atoms with E-state index in [0.29, 0.717) is 26.2 Å². The maximum atomic E-state index is 11.5. The molecule has 0 fully saturated rings. The van der Waals surface area contributed by atoms with Crippen LogP contribution in [0.5, 0.6) is 0 Å². The summed E-state index contributed by atoms with van der Waals surface area (Å²) in [5.74, 6) is -0.329. The molecule has 0 heterocycles. The maximum absolute atomic E-state index is 11.5. The fraction of sp³-hybridized carbons (Fsp3) is 0.900. The van der Waals surface area contributed by atoms with Gasteiger partial charge in [0.05, 0.1) is 0 Å². The molecule has 0 aliphatic rings. The fourth-order valence-electron chi connectivity index (χ4n) is 1.14. The van der Waals surface area contributed by atoms with Crippen molar-refractivity contribution in [3.8, 4) is 0 Å². The van der Waals surface area contributed by atoms with E-state index in [4.69, 9.17) is 17.7 Å². The molecule has 0 saturated carbocycles. The van der Waals surface area contributed by atoms with Gasteiger partial charge in [0.1, 0.15) is 0 Å². The topological polar surface area (TPSA) is 54.0 Å². The quantitative estimate of drug-likeness (QED) is 0.596. The van der Waals surface area contributed by atoms with Crippen LogP contribution < -0.4 is 0 Å². The molecular weight excluding hydrogens is 251 g/mol. The Morgan fingerprint density at radius 3 is 1.65 bits per heavy atom. The van der Waals surface area contributed by atoms with Crippen LogP contribution in [0.2, 0.25) is 0 Å². The summed E-state index contributed by atoms with van der Waals surface area (Å²) in [5.41, 5.74) is 0. The summed E-state index contributed by atoms with van der Waals surface area (Å²) in [5, 5.41) is 0. The molecule has 17 heavy (non-hydrogen) atoms. The Morgan fingerprint density at radius 2 is 1.35 bits per heavy atom. The summed E-state index contributed by atoms with van der Waals surface area (Å²) in [4.78, 5) is 11.5. The van der Waals surface area contributed by atoms with Crippen molar-refractivity contribution >= 4 is 44.6 Å². The van der Waals surface area contributed by atoms with Gasteiger partial charge in [-0.2, -0.15) is 0 Å². The molecule has 0 aromatic carbocycles. The van der Waals surface area contributed by atoms with Crippen molar-refractivity contribution in [1.82, 2.24) is 0 Å². The molecule has 5 nitrogen and oxygen atoms in total. The summed E-state index contributed by atoms with van der Waals surface area (Å²) < 4.78 is 21.4. The first-order valence-electron chi connectivity index (χ1n) is 5.77. The molecule has 0 rings (SSSR count). The molecule has 0 unspecified atom stereocenters. The van der Waals surface area contributed by atoms with Crippen LogP contribution in [-0.2, 0) is 22.5 Å². The van der Waals surface area contributed by atoms with E-state index in [9.17, 15) is 4.79 Å². The first kappa shape index (κ1) is 19.9. The van der Waals surface area contributed by atoms with Gasteiger partial charge >= 0.3 is 9.05 Å². The summed E-state index contributed by atoms with van der Waals surface area (Å²) in [7, 11) is -3.25. The zero-order chi connectivity index (χ0) is 12.4. The van der Waals surface area contributed by atoms with Crippen LogP contribution >= 0.6 is 0 Å². The minimum Gasteiger partial charge on any atom is -0.452 e. The third kappa shape index (κ3) is 8.31. The Labute approximate surface area is 127 Å². The average Bonchev–Trinajstić information content (AvgIpc) is 2.18. The van der Waals surface area contributed by atoms with E-state index in [1.807, 2.05) is 27.7 Å². The van der Waals surface area contributed by atoms with E-state index in [2.05, 4.69) is 0 Å². The first-order valence-corrected chi connectivity index (χ1v) is 7.41. The second-order valence-corrected chi connectivity index (χ2v) is 5.09. The van der Waals surface area contributed by atoms with Crippen LogP contribution in [0.15, 0.2) is 0 Å². The number of carbonyl (C=O) groups is 1. The predicted octanol–water partition coefficient (Wildman–Crippen LogP) is 1.49. The minimum absolute atomic E-state index is 0. The van der Waals surface area contributed by atoms with Crippen molar-refractivity contribution in [2.75, 3.05) is 19.8 Å². The predicted molar refractivity (Wildman–Crippen MR) is 67.4 cm³/mol. The van der Waals surface area contributed by atoms with E-state index in [0.717, 1.165) is 6.42 Å². The molecule has 0 spiro atoms. The Balaban J connectivity index is 0. The Hall–Kier alpha value is 0.567. The third-order valence-corrected chi connectivity index (χ3v) is 4.06. The Kier molecular flexibility index (Phi) is 13.6. The van der Waals surface area contributed by atoms with Gasteiger partial charge in [-0.15, -0.1) is 0 Å². The minimum atomic E-state index is -3.25. The van der Waals surface area contributed by atoms with Gasteiger partial charge < -0.3 is 17.7 Å². The van der Waals surface area contributed by atoms with Gasteiger partial charge in [0.2, 0.25) is 0 Å². The van der Waals surface area contributed by atoms with Crippen LogP contribution in [0.1, 0.15) is 40.5 Å². The van der Waals surface area contributed by atoms with Crippen LogP contribution in [0.25, 0.3) is 0 Å². The number of carbonyl (C=O) groups excluding carboxylic acids is 1. The monoisotopic (exact) mass is 273 g/mol. The first-order chi connectivity index (χ1) is 7.64. The fourth-order valence-corrected chi connectivity index (χ4v) is 3.01. The third-order valence-electron chi connectivity index (χ3n) is 1.66. The summed E-state index contributed by atoms with van der Waals surface area (Å²) in [6.07, 6.45) is 1.08. The van der Waals surface area contributed by atoms with Gasteiger partial charge in [-0.05, 0) is 27.2 Å². The van der Waals surface area contributed by atoms with E-state index in [1.54, 1.807) is 0 Å². The molecule has 97 valence electrons. The average molecular weight is 273 g/mol.